The average Bonchev–Trinajstić information content (AvgIpc) is 3.70. The van der Waals surface area contributed by atoms with Crippen LogP contribution in [-0.4, -0.2) is 24.1 Å². The zero-order valence-corrected chi connectivity index (χ0v) is 26.0. The predicted octanol–water partition coefficient (Wildman–Crippen LogP) is 10.0. The molecule has 3 heterocycles. The molecule has 1 aliphatic rings. The van der Waals surface area contributed by atoms with E-state index in [0.717, 1.165) is 22.1 Å². The summed E-state index contributed by atoms with van der Waals surface area (Å²) in [4.78, 5) is 13.1. The SMILES string of the molecule is CC1(C)c2ccccc2-c2cc(-c3ccc(-n4c5ccccc5c5cc6c(cc54)c4ccccc4n6-c4ncncn4)cc3)ccc21. The topological polar surface area (TPSA) is 48.5 Å². The third-order valence-corrected chi connectivity index (χ3v) is 10.2. The lowest BCUT2D eigenvalue weighted by Crippen LogP contribution is -2.14. The molecule has 9 aromatic rings. The Labute approximate surface area is 271 Å². The van der Waals surface area contributed by atoms with Crippen molar-refractivity contribution in [3.63, 3.8) is 0 Å². The largest absolute Gasteiger partial charge is 0.309 e. The van der Waals surface area contributed by atoms with Crippen molar-refractivity contribution < 1.29 is 0 Å². The number of fused-ring (bicyclic) bond motifs is 9. The van der Waals surface area contributed by atoms with Crippen molar-refractivity contribution in [1.82, 2.24) is 24.1 Å². The average molecular weight is 604 g/mol. The molecule has 0 saturated carbocycles. The molecule has 3 aromatic heterocycles. The summed E-state index contributed by atoms with van der Waals surface area (Å²) >= 11 is 0. The summed E-state index contributed by atoms with van der Waals surface area (Å²) < 4.78 is 4.53. The Morgan fingerprint density at radius 2 is 1.04 bits per heavy atom. The quantitative estimate of drug-likeness (QED) is 0.202. The van der Waals surface area contributed by atoms with Gasteiger partial charge in [-0.25, -0.2) is 15.0 Å². The fraction of sp³-hybridized carbons (Fsp3) is 0.0714. The summed E-state index contributed by atoms with van der Waals surface area (Å²) in [6, 6.07) is 46.6. The van der Waals surface area contributed by atoms with Gasteiger partial charge >= 0.3 is 0 Å². The lowest BCUT2D eigenvalue weighted by atomic mass is 9.82. The first-order valence-electron chi connectivity index (χ1n) is 16.0. The van der Waals surface area contributed by atoms with Crippen LogP contribution in [0.2, 0.25) is 0 Å². The minimum atomic E-state index is 0.00784. The first-order chi connectivity index (χ1) is 23.1. The molecule has 0 N–H and O–H groups in total. The monoisotopic (exact) mass is 603 g/mol. The number of hydrogen-bond donors (Lipinski definition) is 0. The van der Waals surface area contributed by atoms with Crippen molar-refractivity contribution in [1.29, 1.82) is 0 Å². The van der Waals surface area contributed by atoms with Gasteiger partial charge in [-0.05, 0) is 75.8 Å². The minimum absolute atomic E-state index is 0.00784. The Kier molecular flexibility index (Phi) is 5.28. The second-order valence-corrected chi connectivity index (χ2v) is 13.0. The summed E-state index contributed by atoms with van der Waals surface area (Å²) in [6.07, 6.45) is 3.11. The summed E-state index contributed by atoms with van der Waals surface area (Å²) in [5.41, 5.74) is 13.6. The Morgan fingerprint density at radius 3 is 1.77 bits per heavy atom. The van der Waals surface area contributed by atoms with Gasteiger partial charge in [0.05, 0.1) is 22.1 Å². The van der Waals surface area contributed by atoms with Gasteiger partial charge in [0.1, 0.15) is 12.7 Å². The van der Waals surface area contributed by atoms with Crippen molar-refractivity contribution in [3.8, 4) is 33.9 Å². The smallest absolute Gasteiger partial charge is 0.237 e. The molecule has 5 heteroatoms. The molecule has 0 aliphatic heterocycles. The van der Waals surface area contributed by atoms with Gasteiger partial charge < -0.3 is 4.57 Å². The van der Waals surface area contributed by atoms with E-state index in [4.69, 9.17) is 0 Å². The van der Waals surface area contributed by atoms with Crippen molar-refractivity contribution in [2.75, 3.05) is 0 Å². The van der Waals surface area contributed by atoms with Crippen LogP contribution in [0.3, 0.4) is 0 Å². The van der Waals surface area contributed by atoms with Gasteiger partial charge in [-0.1, -0.05) is 98.8 Å². The third-order valence-electron chi connectivity index (χ3n) is 10.2. The molecule has 0 unspecified atom stereocenters. The van der Waals surface area contributed by atoms with Crippen LogP contribution >= 0.6 is 0 Å². The summed E-state index contributed by atoms with van der Waals surface area (Å²) in [5.74, 6) is 0.614. The molecule has 5 nitrogen and oxygen atoms in total. The molecular formula is C42H29N5. The third kappa shape index (κ3) is 3.62. The van der Waals surface area contributed by atoms with Crippen LogP contribution in [0, 0.1) is 0 Å². The summed E-state index contributed by atoms with van der Waals surface area (Å²) in [7, 11) is 0. The van der Waals surface area contributed by atoms with Gasteiger partial charge in [0, 0.05) is 32.6 Å². The van der Waals surface area contributed by atoms with Gasteiger partial charge in [-0.3, -0.25) is 4.57 Å². The number of hydrogen-bond acceptors (Lipinski definition) is 3. The van der Waals surface area contributed by atoms with Crippen LogP contribution in [0.25, 0.3) is 77.5 Å². The normalized spacial score (nSPS) is 13.5. The van der Waals surface area contributed by atoms with Crippen LogP contribution < -0.4 is 0 Å². The summed E-state index contributed by atoms with van der Waals surface area (Å²) in [6.45, 7) is 4.66. The summed E-state index contributed by atoms with van der Waals surface area (Å²) in [5, 5.41) is 4.73. The number of aromatic nitrogens is 5. The fourth-order valence-corrected chi connectivity index (χ4v) is 7.98. The highest BCUT2D eigenvalue weighted by Crippen LogP contribution is 2.49. The van der Waals surface area contributed by atoms with Crippen molar-refractivity contribution in [2.45, 2.75) is 19.3 Å². The fourth-order valence-electron chi connectivity index (χ4n) is 7.98. The Morgan fingerprint density at radius 1 is 0.468 bits per heavy atom. The van der Waals surface area contributed by atoms with E-state index in [2.05, 4.69) is 165 Å². The van der Waals surface area contributed by atoms with Crippen molar-refractivity contribution in [2.24, 2.45) is 0 Å². The van der Waals surface area contributed by atoms with Gasteiger partial charge in [-0.15, -0.1) is 0 Å². The first-order valence-corrected chi connectivity index (χ1v) is 16.0. The molecular weight excluding hydrogens is 574 g/mol. The second-order valence-electron chi connectivity index (χ2n) is 13.0. The maximum atomic E-state index is 4.52. The Balaban J connectivity index is 1.16. The zero-order chi connectivity index (χ0) is 31.3. The van der Waals surface area contributed by atoms with E-state index < -0.39 is 0 Å². The maximum Gasteiger partial charge on any atom is 0.237 e. The second kappa shape index (κ2) is 9.47. The highest BCUT2D eigenvalue weighted by Gasteiger charge is 2.35. The highest BCUT2D eigenvalue weighted by atomic mass is 15.2. The van der Waals surface area contributed by atoms with E-state index in [1.54, 1.807) is 12.7 Å². The number of benzene rings is 6. The molecule has 0 radical (unpaired) electrons. The van der Waals surface area contributed by atoms with Crippen LogP contribution in [0.4, 0.5) is 0 Å². The molecule has 0 bridgehead atoms. The van der Waals surface area contributed by atoms with Crippen LogP contribution in [0.1, 0.15) is 25.0 Å². The van der Waals surface area contributed by atoms with E-state index in [1.165, 1.54) is 60.6 Å². The van der Waals surface area contributed by atoms with E-state index in [1.807, 2.05) is 0 Å². The zero-order valence-electron chi connectivity index (χ0n) is 26.0. The number of nitrogens with zero attached hydrogens (tertiary/aromatic N) is 5. The van der Waals surface area contributed by atoms with E-state index >= 15 is 0 Å². The molecule has 10 rings (SSSR count). The van der Waals surface area contributed by atoms with E-state index in [-0.39, 0.29) is 5.41 Å². The van der Waals surface area contributed by atoms with Gasteiger partial charge in [0.2, 0.25) is 5.95 Å². The van der Waals surface area contributed by atoms with Crippen LogP contribution in [0.15, 0.2) is 140 Å². The van der Waals surface area contributed by atoms with E-state index in [0.29, 0.717) is 5.95 Å². The van der Waals surface area contributed by atoms with Crippen LogP contribution in [0.5, 0.6) is 0 Å². The Bertz CT molecular complexity index is 2700. The first kappa shape index (κ1) is 26.2. The van der Waals surface area contributed by atoms with E-state index in [9.17, 15) is 0 Å². The van der Waals surface area contributed by atoms with Gasteiger partial charge in [-0.2, -0.15) is 0 Å². The molecule has 6 aromatic carbocycles. The molecule has 0 amide bonds. The molecule has 222 valence electrons. The maximum absolute atomic E-state index is 4.52. The van der Waals surface area contributed by atoms with Crippen molar-refractivity contribution >= 4 is 43.6 Å². The highest BCUT2D eigenvalue weighted by molar-refractivity contribution is 6.18. The van der Waals surface area contributed by atoms with Gasteiger partial charge in [0.25, 0.3) is 0 Å². The standard InChI is InChI=1S/C42H29N5/c1-42(2)35-12-6-3-9-29(35)32-21-27(17-20-36(32)42)26-15-18-28(19-16-26)46-37-13-7-4-10-30(37)33-23-40-34(22-39(33)46)31-11-5-8-14-38(31)47(40)41-44-24-43-25-45-41/h3-25H,1-2H3. The molecule has 0 spiro atoms. The number of rotatable bonds is 3. The molecule has 1 aliphatic carbocycles. The number of para-hydroxylation sites is 2. The molecule has 0 atom stereocenters. The minimum Gasteiger partial charge on any atom is -0.309 e. The Hall–Kier alpha value is -6.07. The molecule has 0 fully saturated rings. The lowest BCUT2D eigenvalue weighted by Gasteiger charge is -2.21. The molecule has 47 heavy (non-hydrogen) atoms. The lowest BCUT2D eigenvalue weighted by molar-refractivity contribution is 0.660. The van der Waals surface area contributed by atoms with Crippen molar-refractivity contribution in [3.05, 3.63) is 151 Å². The van der Waals surface area contributed by atoms with Gasteiger partial charge in [0.15, 0.2) is 0 Å². The predicted molar refractivity (Wildman–Crippen MR) is 192 cm³/mol. The van der Waals surface area contributed by atoms with Crippen LogP contribution in [-0.2, 0) is 5.41 Å². The molecule has 0 saturated heterocycles.